The van der Waals surface area contributed by atoms with Crippen molar-refractivity contribution in [1.29, 1.82) is 0 Å². The Balaban J connectivity index is 1.96. The lowest BCUT2D eigenvalue weighted by Gasteiger charge is -2.24. The van der Waals surface area contributed by atoms with Gasteiger partial charge in [-0.05, 0) is 53.6 Å². The van der Waals surface area contributed by atoms with Gasteiger partial charge in [0, 0.05) is 0 Å². The molecule has 0 amide bonds. The maximum absolute atomic E-state index is 13.9. The Bertz CT molecular complexity index is 1600. The van der Waals surface area contributed by atoms with Gasteiger partial charge in [0.25, 0.3) is 0 Å². The monoisotopic (exact) mass is 503 g/mol. The first-order valence-corrected chi connectivity index (χ1v) is 13.9. The fourth-order valence-electron chi connectivity index (χ4n) is 3.91. The Morgan fingerprint density at radius 3 is 2.09 bits per heavy atom. The molecule has 0 bridgehead atoms. The second-order valence-electron chi connectivity index (χ2n) is 8.06. The Morgan fingerprint density at radius 1 is 0.771 bits per heavy atom. The molecule has 1 unspecified atom stereocenters. The number of fused-ring (bicyclic) bond motifs is 1. The van der Waals surface area contributed by atoms with Crippen molar-refractivity contribution in [3.05, 3.63) is 132 Å². The zero-order valence-corrected chi connectivity index (χ0v) is 20.8. The van der Waals surface area contributed by atoms with Crippen LogP contribution in [-0.2, 0) is 19.9 Å². The van der Waals surface area contributed by atoms with Crippen LogP contribution in [0.3, 0.4) is 0 Å². The van der Waals surface area contributed by atoms with Crippen LogP contribution in [0.1, 0.15) is 17.2 Å². The third-order valence-corrected chi connectivity index (χ3v) is 8.99. The third kappa shape index (κ3) is 5.12. The Hall–Kier alpha value is -3.52. The molecule has 1 atom stereocenters. The highest BCUT2D eigenvalue weighted by Gasteiger charge is 2.33. The van der Waals surface area contributed by atoms with E-state index in [0.29, 0.717) is 5.56 Å². The first-order chi connectivity index (χ1) is 16.7. The molecule has 0 radical (unpaired) electrons. The maximum Gasteiger partial charge on any atom is 0.241 e. The van der Waals surface area contributed by atoms with Crippen molar-refractivity contribution in [2.24, 2.45) is 0 Å². The van der Waals surface area contributed by atoms with Crippen molar-refractivity contribution >= 4 is 30.6 Å². The number of hydrogen-bond acceptors (Lipinski definition) is 4. The molecule has 178 valence electrons. The predicted octanol–water partition coefficient (Wildman–Crippen LogP) is 5.71. The normalized spacial score (nSPS) is 13.5. The fraction of sp³-hybridized carbons (Fsp3) is 0.0714. The van der Waals surface area contributed by atoms with Crippen molar-refractivity contribution in [2.75, 3.05) is 0 Å². The average Bonchev–Trinajstić information content (AvgIpc) is 2.86. The SMILES string of the molecule is C=C/C=C(\C(NS(=O)(=O)c1ccccc1)c1cccc2ccccc12)S(=O)(=O)c1ccc(C)cc1. The van der Waals surface area contributed by atoms with Gasteiger partial charge in [-0.25, -0.2) is 16.8 Å². The molecule has 35 heavy (non-hydrogen) atoms. The number of aryl methyl sites for hydroxylation is 1. The highest BCUT2D eigenvalue weighted by Crippen LogP contribution is 2.36. The van der Waals surface area contributed by atoms with Crippen LogP contribution in [0, 0.1) is 6.92 Å². The number of sulfonamides is 1. The van der Waals surface area contributed by atoms with E-state index in [4.69, 9.17) is 0 Å². The zero-order valence-electron chi connectivity index (χ0n) is 19.1. The second kappa shape index (κ2) is 10.00. The summed E-state index contributed by atoms with van der Waals surface area (Å²) >= 11 is 0. The number of allylic oxidation sites excluding steroid dienone is 2. The lowest BCUT2D eigenvalue weighted by Crippen LogP contribution is -2.32. The molecule has 0 aliphatic rings. The van der Waals surface area contributed by atoms with E-state index in [1.807, 2.05) is 37.3 Å². The summed E-state index contributed by atoms with van der Waals surface area (Å²) in [5, 5.41) is 1.60. The number of sulfone groups is 1. The van der Waals surface area contributed by atoms with Gasteiger partial charge in [0.15, 0.2) is 0 Å². The van der Waals surface area contributed by atoms with Crippen molar-refractivity contribution < 1.29 is 16.8 Å². The van der Waals surface area contributed by atoms with E-state index in [0.717, 1.165) is 16.3 Å². The molecule has 1 N–H and O–H groups in total. The molecular weight excluding hydrogens is 478 g/mol. The molecule has 0 fully saturated rings. The predicted molar refractivity (Wildman–Crippen MR) is 140 cm³/mol. The molecule has 0 aliphatic heterocycles. The molecule has 0 heterocycles. The summed E-state index contributed by atoms with van der Waals surface area (Å²) in [7, 11) is -8.17. The van der Waals surface area contributed by atoms with Gasteiger partial charge in [0.1, 0.15) is 0 Å². The number of rotatable bonds is 8. The molecule has 0 saturated carbocycles. The Kier molecular flexibility index (Phi) is 7.03. The average molecular weight is 504 g/mol. The maximum atomic E-state index is 13.9. The molecule has 5 nitrogen and oxygen atoms in total. The molecule has 0 saturated heterocycles. The summed E-state index contributed by atoms with van der Waals surface area (Å²) in [6.45, 7) is 5.56. The van der Waals surface area contributed by atoms with Gasteiger partial charge in [-0.2, -0.15) is 4.72 Å². The van der Waals surface area contributed by atoms with E-state index in [-0.39, 0.29) is 14.7 Å². The van der Waals surface area contributed by atoms with Crippen LogP contribution in [0.15, 0.2) is 130 Å². The van der Waals surface area contributed by atoms with E-state index in [2.05, 4.69) is 11.3 Å². The van der Waals surface area contributed by atoms with Gasteiger partial charge in [0.05, 0.1) is 20.7 Å². The lowest BCUT2D eigenvalue weighted by atomic mass is 9.99. The summed E-state index contributed by atoms with van der Waals surface area (Å²) in [5.41, 5.74) is 1.43. The number of nitrogens with one attached hydrogen (secondary N) is 1. The van der Waals surface area contributed by atoms with Gasteiger partial charge in [0.2, 0.25) is 19.9 Å². The highest BCUT2D eigenvalue weighted by atomic mass is 32.2. The standard InChI is InChI=1S/C28H25NO4S2/c1-3-10-27(34(30,31)23-19-17-21(2)18-20-23)28(29-35(32,33)24-13-5-4-6-14-24)26-16-9-12-22-11-7-8-15-25(22)26/h3-20,28-29H,1H2,2H3/b27-10+. The van der Waals surface area contributed by atoms with Gasteiger partial charge in [-0.1, -0.05) is 91.0 Å². The summed E-state index contributed by atoms with van der Waals surface area (Å²) < 4.78 is 57.2. The van der Waals surface area contributed by atoms with Crippen LogP contribution >= 0.6 is 0 Å². The first-order valence-electron chi connectivity index (χ1n) is 10.9. The van der Waals surface area contributed by atoms with E-state index < -0.39 is 25.9 Å². The molecule has 0 aliphatic carbocycles. The van der Waals surface area contributed by atoms with E-state index >= 15 is 0 Å². The van der Waals surface area contributed by atoms with Gasteiger partial charge < -0.3 is 0 Å². The van der Waals surface area contributed by atoms with Gasteiger partial charge >= 0.3 is 0 Å². The number of hydrogen-bond donors (Lipinski definition) is 1. The molecule has 7 heteroatoms. The highest BCUT2D eigenvalue weighted by molar-refractivity contribution is 7.95. The zero-order chi connectivity index (χ0) is 25.1. The van der Waals surface area contributed by atoms with Gasteiger partial charge in [-0.3, -0.25) is 0 Å². The largest absolute Gasteiger partial charge is 0.241 e. The minimum absolute atomic E-state index is 0.0379. The van der Waals surface area contributed by atoms with Crippen LogP contribution in [0.5, 0.6) is 0 Å². The topological polar surface area (TPSA) is 80.3 Å². The van der Waals surface area contributed by atoms with E-state index in [1.54, 1.807) is 42.5 Å². The second-order valence-corrected chi connectivity index (χ2v) is 11.7. The van der Waals surface area contributed by atoms with Crippen molar-refractivity contribution in [1.82, 2.24) is 4.72 Å². The Morgan fingerprint density at radius 2 is 1.40 bits per heavy atom. The quantitative estimate of drug-likeness (QED) is 0.312. The van der Waals surface area contributed by atoms with Gasteiger partial charge in [-0.15, -0.1) is 0 Å². The first kappa shape index (κ1) is 24.6. The molecule has 0 spiro atoms. The fourth-order valence-corrected chi connectivity index (χ4v) is 6.74. The van der Waals surface area contributed by atoms with Crippen LogP contribution in [0.4, 0.5) is 0 Å². The minimum atomic E-state index is -4.09. The van der Waals surface area contributed by atoms with Crippen molar-refractivity contribution in [3.63, 3.8) is 0 Å². The minimum Gasteiger partial charge on any atom is -0.219 e. The summed E-state index contributed by atoms with van der Waals surface area (Å²) in [5.74, 6) is 0. The molecule has 4 aromatic rings. The van der Waals surface area contributed by atoms with Crippen molar-refractivity contribution in [2.45, 2.75) is 22.8 Å². The molecule has 0 aromatic heterocycles. The summed E-state index contributed by atoms with van der Waals surface area (Å²) in [6, 6.07) is 26.0. The molecule has 4 rings (SSSR count). The smallest absolute Gasteiger partial charge is 0.219 e. The van der Waals surface area contributed by atoms with Crippen LogP contribution in [0.25, 0.3) is 10.8 Å². The van der Waals surface area contributed by atoms with Crippen molar-refractivity contribution in [3.8, 4) is 0 Å². The summed E-state index contributed by atoms with van der Waals surface area (Å²) in [6.07, 6.45) is 2.71. The Labute approximate surface area is 206 Å². The third-order valence-electron chi connectivity index (χ3n) is 5.67. The van der Waals surface area contributed by atoms with Crippen LogP contribution in [-0.4, -0.2) is 16.8 Å². The van der Waals surface area contributed by atoms with E-state index in [9.17, 15) is 16.8 Å². The van der Waals surface area contributed by atoms with Crippen LogP contribution < -0.4 is 4.72 Å². The molecular formula is C28H25NO4S2. The van der Waals surface area contributed by atoms with E-state index in [1.165, 1.54) is 36.4 Å². The lowest BCUT2D eigenvalue weighted by molar-refractivity contribution is 0.570. The number of benzene rings is 4. The summed E-state index contributed by atoms with van der Waals surface area (Å²) in [4.78, 5) is -0.0107. The molecule has 4 aromatic carbocycles. The van der Waals surface area contributed by atoms with Crippen LogP contribution in [0.2, 0.25) is 0 Å².